The smallest absolute Gasteiger partial charge is 0.355 e. The molecular weight excluding hydrogens is 294 g/mol. The number of nitrogens with zero attached hydrogens (tertiary/aromatic N) is 1. The van der Waals surface area contributed by atoms with Gasteiger partial charge in [-0.05, 0) is 46.3 Å². The average molecular weight is 323 g/mol. The molecular formula is C17H29N3O3. The van der Waals surface area contributed by atoms with E-state index in [1.165, 1.54) is 0 Å². The topological polar surface area (TPSA) is 74.4 Å². The van der Waals surface area contributed by atoms with Gasteiger partial charge in [0, 0.05) is 18.8 Å². The second kappa shape index (κ2) is 9.35. The summed E-state index contributed by atoms with van der Waals surface area (Å²) in [6.07, 6.45) is 2.32. The summed E-state index contributed by atoms with van der Waals surface area (Å²) in [7, 11) is 2.05. The van der Waals surface area contributed by atoms with Crippen LogP contribution in [0.5, 0.6) is 0 Å². The number of unbranched alkanes of at least 4 members (excludes halogenated alkanes) is 1. The van der Waals surface area contributed by atoms with Crippen molar-refractivity contribution in [2.75, 3.05) is 33.3 Å². The van der Waals surface area contributed by atoms with Crippen LogP contribution in [-0.4, -0.2) is 55.0 Å². The number of carbonyl (C=O) groups excluding carboxylic acids is 2. The molecule has 1 rings (SSSR count). The van der Waals surface area contributed by atoms with Crippen LogP contribution >= 0.6 is 0 Å². The van der Waals surface area contributed by atoms with E-state index in [0.29, 0.717) is 35.7 Å². The zero-order valence-corrected chi connectivity index (χ0v) is 14.9. The number of aryl methyl sites for hydroxylation is 1. The first kappa shape index (κ1) is 19.2. The third-order valence-corrected chi connectivity index (χ3v) is 3.82. The summed E-state index contributed by atoms with van der Waals surface area (Å²) in [6, 6.07) is 0. The molecule has 2 N–H and O–H groups in total. The lowest BCUT2D eigenvalue weighted by Crippen LogP contribution is -2.33. The van der Waals surface area contributed by atoms with Crippen molar-refractivity contribution < 1.29 is 14.3 Å². The average Bonchev–Trinajstić information content (AvgIpc) is 2.80. The highest BCUT2D eigenvalue weighted by Gasteiger charge is 2.22. The molecule has 0 radical (unpaired) electrons. The van der Waals surface area contributed by atoms with Gasteiger partial charge in [-0.3, -0.25) is 4.79 Å². The zero-order valence-electron chi connectivity index (χ0n) is 14.9. The summed E-state index contributed by atoms with van der Waals surface area (Å²) >= 11 is 0. The summed E-state index contributed by atoms with van der Waals surface area (Å²) in [4.78, 5) is 29.4. The highest BCUT2D eigenvalue weighted by molar-refractivity contribution is 6.01. The Labute approximate surface area is 138 Å². The second-order valence-electron chi connectivity index (χ2n) is 5.76. The number of H-pyrrole nitrogens is 1. The number of hydrogen-bond donors (Lipinski definition) is 2. The van der Waals surface area contributed by atoms with Crippen LogP contribution < -0.4 is 5.32 Å². The third kappa shape index (κ3) is 5.39. The summed E-state index contributed by atoms with van der Waals surface area (Å²) in [5.74, 6) is -0.581. The van der Waals surface area contributed by atoms with Gasteiger partial charge >= 0.3 is 5.97 Å². The van der Waals surface area contributed by atoms with Crippen LogP contribution in [-0.2, 0) is 4.74 Å². The molecule has 0 atom stereocenters. The Hall–Kier alpha value is -1.82. The summed E-state index contributed by atoms with van der Waals surface area (Å²) in [6.45, 7) is 10.2. The molecule has 130 valence electrons. The second-order valence-corrected chi connectivity index (χ2v) is 5.76. The van der Waals surface area contributed by atoms with Crippen molar-refractivity contribution in [3.05, 3.63) is 22.5 Å². The number of amides is 1. The maximum absolute atomic E-state index is 12.4. The molecule has 1 aromatic heterocycles. The highest BCUT2D eigenvalue weighted by atomic mass is 16.5. The molecule has 0 aliphatic rings. The van der Waals surface area contributed by atoms with Gasteiger partial charge in [0.15, 0.2) is 0 Å². The monoisotopic (exact) mass is 323 g/mol. The molecule has 0 fully saturated rings. The molecule has 1 aromatic rings. The number of rotatable bonds is 9. The number of nitrogens with one attached hydrogen (secondary N) is 2. The Morgan fingerprint density at radius 1 is 1.22 bits per heavy atom. The zero-order chi connectivity index (χ0) is 17.4. The van der Waals surface area contributed by atoms with Crippen LogP contribution in [0.3, 0.4) is 0 Å². The van der Waals surface area contributed by atoms with E-state index in [2.05, 4.69) is 22.1 Å². The van der Waals surface area contributed by atoms with Crippen LogP contribution in [0.1, 0.15) is 58.8 Å². The van der Waals surface area contributed by atoms with Crippen LogP contribution in [0, 0.1) is 13.8 Å². The first-order valence-electron chi connectivity index (χ1n) is 8.25. The van der Waals surface area contributed by atoms with Crippen molar-refractivity contribution in [1.82, 2.24) is 15.2 Å². The number of carbonyl (C=O) groups is 2. The summed E-state index contributed by atoms with van der Waals surface area (Å²) in [5, 5.41) is 2.92. The molecule has 0 aliphatic carbocycles. The van der Waals surface area contributed by atoms with Gasteiger partial charge in [0.2, 0.25) is 0 Å². The standard InChI is InChI=1S/C17H29N3O3/c1-6-8-10-20(5)11-9-18-16(21)14-12(3)15(19-13(14)4)17(22)23-7-2/h19H,6-11H2,1-5H3,(H,18,21). The van der Waals surface area contributed by atoms with Gasteiger partial charge in [0.1, 0.15) is 5.69 Å². The van der Waals surface area contributed by atoms with E-state index in [0.717, 1.165) is 25.9 Å². The number of aromatic nitrogens is 1. The van der Waals surface area contributed by atoms with Crippen molar-refractivity contribution in [1.29, 1.82) is 0 Å². The number of aromatic amines is 1. The normalized spacial score (nSPS) is 10.9. The maximum atomic E-state index is 12.4. The predicted molar refractivity (Wildman–Crippen MR) is 91.0 cm³/mol. The van der Waals surface area contributed by atoms with Gasteiger partial charge in [-0.15, -0.1) is 0 Å². The van der Waals surface area contributed by atoms with Gasteiger partial charge in [0.25, 0.3) is 5.91 Å². The van der Waals surface area contributed by atoms with E-state index < -0.39 is 5.97 Å². The lowest BCUT2D eigenvalue weighted by molar-refractivity contribution is 0.0519. The number of likely N-dealkylation sites (N-methyl/N-ethyl adjacent to an activating group) is 1. The molecule has 1 heterocycles. The van der Waals surface area contributed by atoms with Crippen molar-refractivity contribution >= 4 is 11.9 Å². The minimum atomic E-state index is -0.425. The van der Waals surface area contributed by atoms with Gasteiger partial charge in [-0.2, -0.15) is 0 Å². The van der Waals surface area contributed by atoms with Gasteiger partial charge < -0.3 is 19.9 Å². The first-order valence-corrected chi connectivity index (χ1v) is 8.25. The Morgan fingerprint density at radius 3 is 2.52 bits per heavy atom. The number of hydrogen-bond acceptors (Lipinski definition) is 4. The van der Waals surface area contributed by atoms with E-state index >= 15 is 0 Å². The molecule has 0 saturated carbocycles. The Balaban J connectivity index is 2.64. The Morgan fingerprint density at radius 2 is 1.91 bits per heavy atom. The first-order chi connectivity index (χ1) is 10.9. The fraction of sp³-hybridized carbons (Fsp3) is 0.647. The molecule has 6 nitrogen and oxygen atoms in total. The van der Waals surface area contributed by atoms with E-state index in [4.69, 9.17) is 4.74 Å². The van der Waals surface area contributed by atoms with Crippen molar-refractivity contribution in [2.24, 2.45) is 0 Å². The number of ether oxygens (including phenoxy) is 1. The SMILES string of the molecule is CCCCN(C)CCNC(=O)c1c(C)[nH]c(C(=O)OCC)c1C. The van der Waals surface area contributed by atoms with Crippen LogP contribution in [0.4, 0.5) is 0 Å². The Kier molecular flexibility index (Phi) is 7.81. The van der Waals surface area contributed by atoms with Crippen molar-refractivity contribution in [3.63, 3.8) is 0 Å². The molecule has 1 amide bonds. The number of esters is 1. The van der Waals surface area contributed by atoms with Gasteiger partial charge in [-0.25, -0.2) is 4.79 Å². The minimum absolute atomic E-state index is 0.157. The quantitative estimate of drug-likeness (QED) is 0.684. The molecule has 6 heteroatoms. The largest absolute Gasteiger partial charge is 0.461 e. The van der Waals surface area contributed by atoms with Gasteiger partial charge in [-0.1, -0.05) is 13.3 Å². The van der Waals surface area contributed by atoms with Crippen molar-refractivity contribution in [3.8, 4) is 0 Å². The highest BCUT2D eigenvalue weighted by Crippen LogP contribution is 2.18. The molecule has 0 saturated heterocycles. The molecule has 0 aromatic carbocycles. The molecule has 0 bridgehead atoms. The van der Waals surface area contributed by atoms with Crippen LogP contribution in [0.15, 0.2) is 0 Å². The summed E-state index contributed by atoms with van der Waals surface area (Å²) < 4.78 is 5.00. The summed E-state index contributed by atoms with van der Waals surface area (Å²) in [5.41, 5.74) is 2.21. The Bertz CT molecular complexity index is 537. The van der Waals surface area contributed by atoms with E-state index in [1.54, 1.807) is 20.8 Å². The van der Waals surface area contributed by atoms with E-state index in [1.807, 2.05) is 7.05 Å². The molecule has 0 aliphatic heterocycles. The minimum Gasteiger partial charge on any atom is -0.461 e. The lowest BCUT2D eigenvalue weighted by atomic mass is 10.1. The predicted octanol–water partition coefficient (Wildman–Crippen LogP) is 2.27. The fourth-order valence-electron chi connectivity index (χ4n) is 2.49. The van der Waals surface area contributed by atoms with Crippen LogP contribution in [0.2, 0.25) is 0 Å². The molecule has 23 heavy (non-hydrogen) atoms. The van der Waals surface area contributed by atoms with E-state index in [-0.39, 0.29) is 5.91 Å². The molecule has 0 unspecified atom stereocenters. The van der Waals surface area contributed by atoms with Crippen molar-refractivity contribution in [2.45, 2.75) is 40.5 Å². The molecule has 0 spiro atoms. The lowest BCUT2D eigenvalue weighted by Gasteiger charge is -2.16. The third-order valence-electron chi connectivity index (χ3n) is 3.82. The van der Waals surface area contributed by atoms with E-state index in [9.17, 15) is 9.59 Å². The maximum Gasteiger partial charge on any atom is 0.355 e. The van der Waals surface area contributed by atoms with Crippen LogP contribution in [0.25, 0.3) is 0 Å². The fourth-order valence-corrected chi connectivity index (χ4v) is 2.49. The van der Waals surface area contributed by atoms with Gasteiger partial charge in [0.05, 0.1) is 12.2 Å².